The van der Waals surface area contributed by atoms with E-state index in [2.05, 4.69) is 25.9 Å². The second-order valence-corrected chi connectivity index (χ2v) is 10.7. The van der Waals surface area contributed by atoms with Gasteiger partial charge >= 0.3 is 0 Å². The summed E-state index contributed by atoms with van der Waals surface area (Å²) in [6.07, 6.45) is 2.27. The lowest BCUT2D eigenvalue weighted by Crippen LogP contribution is -2.40. The monoisotopic (exact) mass is 579 g/mol. The Morgan fingerprint density at radius 3 is 2.67 bits per heavy atom. The molecule has 1 aromatic carbocycles. The first-order chi connectivity index (χ1) is 20.3. The Bertz CT molecular complexity index is 1410. The van der Waals surface area contributed by atoms with Gasteiger partial charge in [0.2, 0.25) is 17.7 Å². The number of tetrazole rings is 1. The molecule has 2 aromatic heterocycles. The maximum absolute atomic E-state index is 13.5. The summed E-state index contributed by atoms with van der Waals surface area (Å²) in [6, 6.07) is 7.56. The van der Waals surface area contributed by atoms with Crippen molar-refractivity contribution >= 4 is 17.7 Å². The standard InChI is InChI=1S/C28H37N9O5/c1-19-13-20(2)37(31-19)17-27(39)34-9-4-8-29-28(40)23-16-35(26(38)7-10-36-18-30-32-33-36)15-22(23)21-5-6-24(41-3)25(14-21)42-12-11-34/h5-6,13-14,18,22-23H,4,7-12,15-17H2,1-3H3,(H,29,40)/t22-,23+/m1/s1. The van der Waals surface area contributed by atoms with Crippen molar-refractivity contribution in [3.8, 4) is 11.5 Å². The maximum Gasteiger partial charge on any atom is 0.244 e. The molecule has 0 radical (unpaired) electrons. The van der Waals surface area contributed by atoms with Crippen molar-refractivity contribution in [2.75, 3.05) is 46.4 Å². The number of methoxy groups -OCH3 is 1. The Morgan fingerprint density at radius 2 is 1.93 bits per heavy atom. The first kappa shape index (κ1) is 29.0. The van der Waals surface area contributed by atoms with E-state index in [1.165, 1.54) is 11.0 Å². The van der Waals surface area contributed by atoms with E-state index in [0.29, 0.717) is 57.2 Å². The molecule has 3 amide bonds. The number of nitrogens with one attached hydrogen (secondary N) is 1. The number of amides is 3. The van der Waals surface area contributed by atoms with Crippen LogP contribution in [0.4, 0.5) is 0 Å². The van der Waals surface area contributed by atoms with Crippen LogP contribution in [0.25, 0.3) is 0 Å². The molecule has 14 heteroatoms. The SMILES string of the molecule is COc1ccc2cc1OCCN(C(=O)Cn1nc(C)cc1C)CCCNC(=O)[C@H]1CN(C(=O)CCn3cnnn3)C[C@H]21. The minimum Gasteiger partial charge on any atom is -0.493 e. The number of hydrogen-bond acceptors (Lipinski definition) is 9. The average Bonchev–Trinajstić information content (AvgIpc) is 3.73. The van der Waals surface area contributed by atoms with E-state index in [4.69, 9.17) is 9.47 Å². The zero-order valence-corrected chi connectivity index (χ0v) is 24.2. The molecule has 0 spiro atoms. The first-order valence-electron chi connectivity index (χ1n) is 14.2. The van der Waals surface area contributed by atoms with Gasteiger partial charge in [-0.15, -0.1) is 5.10 Å². The third-order valence-electron chi connectivity index (χ3n) is 7.84. The number of fused-ring (bicyclic) bond motifs is 4. The minimum atomic E-state index is -0.435. The van der Waals surface area contributed by atoms with Crippen LogP contribution in [0.3, 0.4) is 0 Å². The van der Waals surface area contributed by atoms with Gasteiger partial charge in [0, 0.05) is 44.2 Å². The molecule has 3 aromatic rings. The van der Waals surface area contributed by atoms with Crippen molar-refractivity contribution in [1.82, 2.24) is 45.1 Å². The maximum atomic E-state index is 13.5. The van der Waals surface area contributed by atoms with E-state index in [9.17, 15) is 14.4 Å². The number of benzene rings is 1. The van der Waals surface area contributed by atoms with Gasteiger partial charge in [-0.2, -0.15) is 5.10 Å². The van der Waals surface area contributed by atoms with Crippen LogP contribution < -0.4 is 14.8 Å². The Kier molecular flexibility index (Phi) is 8.98. The van der Waals surface area contributed by atoms with Crippen LogP contribution in [0.2, 0.25) is 0 Å². The number of aryl methyl sites for hydroxylation is 3. The molecule has 14 nitrogen and oxygen atoms in total. The molecular weight excluding hydrogens is 542 g/mol. The minimum absolute atomic E-state index is 0.0644. The fourth-order valence-corrected chi connectivity index (χ4v) is 5.60. The summed E-state index contributed by atoms with van der Waals surface area (Å²) in [4.78, 5) is 43.3. The molecule has 4 heterocycles. The summed E-state index contributed by atoms with van der Waals surface area (Å²) in [5, 5.41) is 18.5. The summed E-state index contributed by atoms with van der Waals surface area (Å²) in [5.41, 5.74) is 2.66. The van der Waals surface area contributed by atoms with Gasteiger partial charge in [-0.25, -0.2) is 4.68 Å². The topological polar surface area (TPSA) is 150 Å². The van der Waals surface area contributed by atoms with Gasteiger partial charge < -0.3 is 24.6 Å². The Morgan fingerprint density at radius 1 is 1.10 bits per heavy atom. The van der Waals surface area contributed by atoms with E-state index < -0.39 is 5.92 Å². The predicted molar refractivity (Wildman–Crippen MR) is 150 cm³/mol. The molecule has 2 atom stereocenters. The van der Waals surface area contributed by atoms with Crippen molar-refractivity contribution in [3.63, 3.8) is 0 Å². The van der Waals surface area contributed by atoms with E-state index in [1.807, 2.05) is 38.1 Å². The Hall–Kier alpha value is -4.49. The molecule has 1 saturated heterocycles. The van der Waals surface area contributed by atoms with Crippen molar-refractivity contribution in [1.29, 1.82) is 0 Å². The van der Waals surface area contributed by atoms with Crippen LogP contribution in [0, 0.1) is 19.8 Å². The quantitative estimate of drug-likeness (QED) is 0.442. The summed E-state index contributed by atoms with van der Waals surface area (Å²) in [5.74, 6) is 0.181. The van der Waals surface area contributed by atoms with Crippen molar-refractivity contribution in [2.45, 2.75) is 45.7 Å². The van der Waals surface area contributed by atoms with Gasteiger partial charge in [-0.3, -0.25) is 19.1 Å². The van der Waals surface area contributed by atoms with Crippen LogP contribution in [0.15, 0.2) is 30.6 Å². The fraction of sp³-hybridized carbons (Fsp3) is 0.536. The lowest BCUT2D eigenvalue weighted by Gasteiger charge is -2.25. The van der Waals surface area contributed by atoms with Gasteiger partial charge in [0.1, 0.15) is 19.5 Å². The second kappa shape index (κ2) is 13.0. The zero-order valence-electron chi connectivity index (χ0n) is 24.2. The molecule has 0 unspecified atom stereocenters. The third kappa shape index (κ3) is 6.69. The van der Waals surface area contributed by atoms with Gasteiger partial charge in [-0.05, 0) is 54.5 Å². The van der Waals surface area contributed by atoms with Crippen LogP contribution in [-0.4, -0.2) is 104 Å². The first-order valence-corrected chi connectivity index (χ1v) is 14.2. The molecule has 0 saturated carbocycles. The summed E-state index contributed by atoms with van der Waals surface area (Å²) in [7, 11) is 1.57. The molecule has 42 heavy (non-hydrogen) atoms. The number of nitrogens with zero attached hydrogens (tertiary/aromatic N) is 8. The number of rotatable bonds is 6. The normalized spacial score (nSPS) is 19.5. The van der Waals surface area contributed by atoms with Gasteiger partial charge in [0.15, 0.2) is 11.5 Å². The largest absolute Gasteiger partial charge is 0.493 e. The molecule has 1 N–H and O–H groups in total. The smallest absolute Gasteiger partial charge is 0.244 e. The number of carbonyl (C=O) groups excluding carboxylic acids is 3. The lowest BCUT2D eigenvalue weighted by atomic mass is 9.88. The fourth-order valence-electron chi connectivity index (χ4n) is 5.60. The molecule has 2 bridgehead atoms. The summed E-state index contributed by atoms with van der Waals surface area (Å²) >= 11 is 0. The average molecular weight is 580 g/mol. The van der Waals surface area contributed by atoms with Crippen molar-refractivity contribution in [3.05, 3.63) is 47.5 Å². The highest BCUT2D eigenvalue weighted by molar-refractivity contribution is 5.83. The van der Waals surface area contributed by atoms with E-state index in [-0.39, 0.29) is 43.2 Å². The van der Waals surface area contributed by atoms with Gasteiger partial charge in [0.05, 0.1) is 31.8 Å². The van der Waals surface area contributed by atoms with Crippen molar-refractivity contribution < 1.29 is 23.9 Å². The number of aromatic nitrogens is 6. The number of likely N-dealkylation sites (tertiary alicyclic amines) is 1. The lowest BCUT2D eigenvalue weighted by molar-refractivity contribution is -0.132. The van der Waals surface area contributed by atoms with Gasteiger partial charge in [0.25, 0.3) is 0 Å². The second-order valence-electron chi connectivity index (χ2n) is 10.7. The summed E-state index contributed by atoms with van der Waals surface area (Å²) < 4.78 is 14.9. The predicted octanol–water partition coefficient (Wildman–Crippen LogP) is 0.555. The van der Waals surface area contributed by atoms with Gasteiger partial charge in [-0.1, -0.05) is 6.07 Å². The molecule has 5 rings (SSSR count). The molecule has 1 fully saturated rings. The van der Waals surface area contributed by atoms with E-state index in [0.717, 1.165) is 17.0 Å². The Balaban J connectivity index is 1.32. The van der Waals surface area contributed by atoms with Crippen LogP contribution in [0.1, 0.15) is 35.7 Å². The van der Waals surface area contributed by atoms with E-state index in [1.54, 1.807) is 21.6 Å². The van der Waals surface area contributed by atoms with Crippen LogP contribution >= 0.6 is 0 Å². The third-order valence-corrected chi connectivity index (χ3v) is 7.84. The highest BCUT2D eigenvalue weighted by Crippen LogP contribution is 2.38. The van der Waals surface area contributed by atoms with Crippen LogP contribution in [-0.2, 0) is 27.5 Å². The molecule has 2 aliphatic heterocycles. The number of carbonyl (C=O) groups is 3. The number of hydrogen-bond donors (Lipinski definition) is 1. The molecule has 224 valence electrons. The molecular formula is C28H37N9O5. The molecule has 2 aliphatic rings. The summed E-state index contributed by atoms with van der Waals surface area (Å²) in [6.45, 7) is 6.53. The van der Waals surface area contributed by atoms with E-state index >= 15 is 0 Å². The molecule has 0 aliphatic carbocycles. The Labute approximate surface area is 243 Å². The van der Waals surface area contributed by atoms with Crippen molar-refractivity contribution in [2.24, 2.45) is 5.92 Å². The zero-order chi connectivity index (χ0) is 29.6. The highest BCUT2D eigenvalue weighted by Gasteiger charge is 2.40. The van der Waals surface area contributed by atoms with Crippen LogP contribution in [0.5, 0.6) is 11.5 Å². The number of ether oxygens (including phenoxy) is 2. The highest BCUT2D eigenvalue weighted by atomic mass is 16.5.